The highest BCUT2D eigenvalue weighted by atomic mass is 16.5. The van der Waals surface area contributed by atoms with E-state index in [4.69, 9.17) is 13.9 Å². The Hall–Kier alpha value is -2.43. The molecule has 0 aliphatic carbocycles. The van der Waals surface area contributed by atoms with Gasteiger partial charge in [-0.15, -0.1) is 0 Å². The molecule has 1 N–H and O–H groups in total. The Morgan fingerprint density at radius 2 is 2.00 bits per heavy atom. The quantitative estimate of drug-likeness (QED) is 0.482. The Morgan fingerprint density at radius 3 is 2.67 bits per heavy atom. The maximum absolute atomic E-state index is 12.1. The molecule has 0 aliphatic rings. The highest BCUT2D eigenvalue weighted by Crippen LogP contribution is 2.34. The molecule has 0 saturated heterocycles. The maximum atomic E-state index is 12.1. The van der Waals surface area contributed by atoms with Gasteiger partial charge in [-0.1, -0.05) is 19.1 Å². The predicted octanol–water partition coefficient (Wildman–Crippen LogP) is 4.41. The molecule has 0 radical (unpaired) electrons. The zero-order valence-electron chi connectivity index (χ0n) is 14.6. The van der Waals surface area contributed by atoms with Crippen molar-refractivity contribution in [1.82, 2.24) is 0 Å². The molecule has 0 bridgehead atoms. The standard InChI is InChI=1S/C19H24O5/c1-5-6-7-8-11-22-17-16(20)14-10-9-13(24-19(2,3)4)12-15(14)23-18(17)21/h6-7,9-10,12,20H,5,8,11H2,1-4H3. The van der Waals surface area contributed by atoms with Crippen molar-refractivity contribution < 1.29 is 19.0 Å². The van der Waals surface area contributed by atoms with Gasteiger partial charge in [-0.05, 0) is 45.7 Å². The molecule has 24 heavy (non-hydrogen) atoms. The van der Waals surface area contributed by atoms with Gasteiger partial charge in [0, 0.05) is 6.07 Å². The number of hydrogen-bond acceptors (Lipinski definition) is 5. The second-order valence-corrected chi connectivity index (χ2v) is 6.46. The van der Waals surface area contributed by atoms with Crippen molar-refractivity contribution in [1.29, 1.82) is 0 Å². The Kier molecular flexibility index (Phi) is 5.54. The maximum Gasteiger partial charge on any atom is 0.383 e. The van der Waals surface area contributed by atoms with E-state index in [-0.39, 0.29) is 22.7 Å². The summed E-state index contributed by atoms with van der Waals surface area (Å²) in [5, 5.41) is 10.7. The SMILES string of the molecule is CCC=CCCOc1c(O)c2ccc(OC(C)(C)C)cc2oc1=O. The number of aromatic hydroxyl groups is 1. The van der Waals surface area contributed by atoms with Crippen molar-refractivity contribution in [2.24, 2.45) is 0 Å². The van der Waals surface area contributed by atoms with Crippen molar-refractivity contribution in [3.63, 3.8) is 0 Å². The van der Waals surface area contributed by atoms with Crippen LogP contribution in [0.1, 0.15) is 40.5 Å². The summed E-state index contributed by atoms with van der Waals surface area (Å²) >= 11 is 0. The molecule has 2 rings (SSSR count). The van der Waals surface area contributed by atoms with Crippen LogP contribution in [0.15, 0.2) is 39.6 Å². The van der Waals surface area contributed by atoms with Gasteiger partial charge in [0.2, 0.25) is 5.75 Å². The summed E-state index contributed by atoms with van der Waals surface area (Å²) in [5.41, 5.74) is -0.810. The third kappa shape index (κ3) is 4.54. The molecule has 0 aliphatic heterocycles. The van der Waals surface area contributed by atoms with Crippen LogP contribution in [0.3, 0.4) is 0 Å². The highest BCUT2D eigenvalue weighted by molar-refractivity contribution is 5.86. The van der Waals surface area contributed by atoms with Crippen LogP contribution in [-0.4, -0.2) is 17.3 Å². The lowest BCUT2D eigenvalue weighted by atomic mass is 10.1. The molecule has 2 aromatic rings. The average molecular weight is 332 g/mol. The second kappa shape index (κ2) is 7.43. The van der Waals surface area contributed by atoms with E-state index in [0.29, 0.717) is 24.2 Å². The van der Waals surface area contributed by atoms with Crippen LogP contribution in [0.4, 0.5) is 0 Å². The number of ether oxygens (including phenoxy) is 2. The van der Waals surface area contributed by atoms with Gasteiger partial charge in [-0.25, -0.2) is 4.79 Å². The topological polar surface area (TPSA) is 68.9 Å². The average Bonchev–Trinajstić information content (AvgIpc) is 2.48. The molecule has 0 spiro atoms. The van der Waals surface area contributed by atoms with E-state index in [0.717, 1.165) is 6.42 Å². The van der Waals surface area contributed by atoms with Crippen molar-refractivity contribution >= 4 is 11.0 Å². The first-order chi connectivity index (χ1) is 11.3. The molecular formula is C19H24O5. The molecule has 0 saturated carbocycles. The number of allylic oxidation sites excluding steroid dienone is 1. The van der Waals surface area contributed by atoms with E-state index in [9.17, 15) is 9.90 Å². The molecule has 5 heteroatoms. The smallest absolute Gasteiger partial charge is 0.383 e. The van der Waals surface area contributed by atoms with Crippen LogP contribution >= 0.6 is 0 Å². The van der Waals surface area contributed by atoms with Crippen LogP contribution < -0.4 is 15.1 Å². The second-order valence-electron chi connectivity index (χ2n) is 6.46. The first-order valence-electron chi connectivity index (χ1n) is 8.08. The van der Waals surface area contributed by atoms with Gasteiger partial charge >= 0.3 is 5.63 Å². The van der Waals surface area contributed by atoms with Crippen molar-refractivity contribution in [2.75, 3.05) is 6.61 Å². The van der Waals surface area contributed by atoms with Gasteiger partial charge in [0.25, 0.3) is 0 Å². The molecule has 0 unspecified atom stereocenters. The van der Waals surface area contributed by atoms with Crippen LogP contribution in [-0.2, 0) is 0 Å². The molecule has 1 aromatic heterocycles. The lowest BCUT2D eigenvalue weighted by molar-refractivity contribution is 0.131. The van der Waals surface area contributed by atoms with Crippen molar-refractivity contribution in [3.05, 3.63) is 40.8 Å². The monoisotopic (exact) mass is 332 g/mol. The summed E-state index contributed by atoms with van der Waals surface area (Å²) in [6.45, 7) is 8.11. The van der Waals surface area contributed by atoms with Gasteiger partial charge in [0.15, 0.2) is 5.75 Å². The summed E-state index contributed by atoms with van der Waals surface area (Å²) in [4.78, 5) is 12.1. The van der Waals surface area contributed by atoms with Gasteiger partial charge in [0.05, 0.1) is 12.0 Å². The molecule has 1 heterocycles. The molecular weight excluding hydrogens is 308 g/mol. The first-order valence-corrected chi connectivity index (χ1v) is 8.08. The zero-order chi connectivity index (χ0) is 17.7. The van der Waals surface area contributed by atoms with Crippen molar-refractivity contribution in [2.45, 2.75) is 46.1 Å². The fourth-order valence-corrected chi connectivity index (χ4v) is 2.21. The Morgan fingerprint density at radius 1 is 1.25 bits per heavy atom. The van der Waals surface area contributed by atoms with Gasteiger partial charge in [-0.2, -0.15) is 0 Å². The van der Waals surface area contributed by atoms with Gasteiger partial charge < -0.3 is 19.0 Å². The Balaban J connectivity index is 2.28. The minimum atomic E-state index is -0.702. The minimum Gasteiger partial charge on any atom is -0.504 e. The largest absolute Gasteiger partial charge is 0.504 e. The van der Waals surface area contributed by atoms with Crippen LogP contribution in [0, 0.1) is 0 Å². The zero-order valence-corrected chi connectivity index (χ0v) is 14.6. The number of rotatable bonds is 6. The van der Waals surface area contributed by atoms with Gasteiger partial charge in [0.1, 0.15) is 16.9 Å². The lowest BCUT2D eigenvalue weighted by Crippen LogP contribution is -2.22. The normalized spacial score (nSPS) is 12.0. The van der Waals surface area contributed by atoms with E-state index >= 15 is 0 Å². The number of benzene rings is 1. The molecule has 1 aromatic carbocycles. The molecule has 5 nitrogen and oxygen atoms in total. The third-order valence-electron chi connectivity index (χ3n) is 3.17. The first kappa shape index (κ1) is 17.9. The van der Waals surface area contributed by atoms with Gasteiger partial charge in [-0.3, -0.25) is 0 Å². The summed E-state index contributed by atoms with van der Waals surface area (Å²) in [7, 11) is 0. The fraction of sp³-hybridized carbons (Fsp3) is 0.421. The van der Waals surface area contributed by atoms with E-state index in [1.165, 1.54) is 0 Å². The molecule has 0 amide bonds. The summed E-state index contributed by atoms with van der Waals surface area (Å²) in [5.74, 6) is 0.204. The number of hydrogen-bond donors (Lipinski definition) is 1. The van der Waals surface area contributed by atoms with Crippen LogP contribution in [0.5, 0.6) is 17.2 Å². The van der Waals surface area contributed by atoms with E-state index in [2.05, 4.69) is 0 Å². The third-order valence-corrected chi connectivity index (χ3v) is 3.17. The van der Waals surface area contributed by atoms with Crippen LogP contribution in [0.2, 0.25) is 0 Å². The van der Waals surface area contributed by atoms with Crippen LogP contribution in [0.25, 0.3) is 11.0 Å². The van der Waals surface area contributed by atoms with Crippen molar-refractivity contribution in [3.8, 4) is 17.2 Å². The lowest BCUT2D eigenvalue weighted by Gasteiger charge is -2.21. The fourth-order valence-electron chi connectivity index (χ4n) is 2.21. The minimum absolute atomic E-state index is 0.156. The highest BCUT2D eigenvalue weighted by Gasteiger charge is 2.17. The number of fused-ring (bicyclic) bond motifs is 1. The molecule has 0 fully saturated rings. The summed E-state index contributed by atoms with van der Waals surface area (Å²) < 4.78 is 16.4. The van der Waals surface area contributed by atoms with E-state index < -0.39 is 5.63 Å². The Bertz CT molecular complexity index is 781. The van der Waals surface area contributed by atoms with E-state index in [1.807, 2.05) is 39.8 Å². The predicted molar refractivity (Wildman–Crippen MR) is 94.1 cm³/mol. The Labute approximate surface area is 141 Å². The summed E-state index contributed by atoms with van der Waals surface area (Å²) in [6.07, 6.45) is 5.59. The molecule has 130 valence electrons. The summed E-state index contributed by atoms with van der Waals surface area (Å²) in [6, 6.07) is 4.97. The molecule has 0 atom stereocenters. The van der Waals surface area contributed by atoms with E-state index in [1.54, 1.807) is 18.2 Å².